The number of rotatable bonds is 6. The Labute approximate surface area is 68.6 Å². The summed E-state index contributed by atoms with van der Waals surface area (Å²) in [4.78, 5) is 5.87. The summed E-state index contributed by atoms with van der Waals surface area (Å²) >= 11 is 0. The minimum atomic E-state index is 0.761. The van der Waals surface area contributed by atoms with Crippen LogP contribution in [0.3, 0.4) is 0 Å². The Morgan fingerprint density at radius 2 is 2.00 bits per heavy atom. The average Bonchev–Trinajstić information content (AvgIpc) is 1.96. The predicted molar refractivity (Wildman–Crippen MR) is 47.4 cm³/mol. The van der Waals surface area contributed by atoms with Gasteiger partial charge in [-0.1, -0.05) is 6.42 Å². The molecule has 0 saturated carbocycles. The number of nitrogens with one attached hydrogen (secondary N) is 1. The van der Waals surface area contributed by atoms with Crippen LogP contribution in [0.2, 0.25) is 0 Å². The second-order valence-corrected chi connectivity index (χ2v) is 2.86. The van der Waals surface area contributed by atoms with Gasteiger partial charge in [-0.05, 0) is 33.5 Å². The van der Waals surface area contributed by atoms with Gasteiger partial charge in [-0.15, -0.1) is 0 Å². The van der Waals surface area contributed by atoms with Crippen molar-refractivity contribution in [1.82, 2.24) is 4.90 Å². The molecular formula is C8H17N3. The summed E-state index contributed by atoms with van der Waals surface area (Å²) in [6.45, 7) is 1.91. The predicted octanol–water partition coefficient (Wildman–Crippen LogP) is 1.47. The molecule has 0 radical (unpaired) electrons. The molecule has 0 unspecified atom stereocenters. The molecule has 0 spiro atoms. The maximum Gasteiger partial charge on any atom is 0.0861 e. The fourth-order valence-electron chi connectivity index (χ4n) is 0.852. The summed E-state index contributed by atoms with van der Waals surface area (Å²) in [7, 11) is 4.16. The third kappa shape index (κ3) is 9.34. The number of nitrogens with zero attached hydrogens (tertiary/aromatic N) is 2. The van der Waals surface area contributed by atoms with Crippen LogP contribution in [-0.4, -0.2) is 38.1 Å². The largest absolute Gasteiger partial charge is 0.309 e. The van der Waals surface area contributed by atoms with Crippen LogP contribution in [0.1, 0.15) is 19.3 Å². The summed E-state index contributed by atoms with van der Waals surface area (Å²) < 4.78 is 0. The van der Waals surface area contributed by atoms with Crippen LogP contribution in [0, 0.1) is 5.41 Å². The molecule has 0 atom stereocenters. The first kappa shape index (κ1) is 10.3. The molecule has 64 valence electrons. The molecule has 0 saturated heterocycles. The zero-order chi connectivity index (χ0) is 8.53. The highest BCUT2D eigenvalue weighted by molar-refractivity contribution is 5.35. The molecule has 0 bridgehead atoms. The van der Waals surface area contributed by atoms with Gasteiger partial charge < -0.3 is 4.90 Å². The summed E-state index contributed by atoms with van der Waals surface area (Å²) in [5.41, 5.74) is 0. The molecule has 3 heteroatoms. The van der Waals surface area contributed by atoms with E-state index in [1.165, 1.54) is 12.8 Å². The van der Waals surface area contributed by atoms with Crippen molar-refractivity contribution in [3.8, 4) is 0 Å². The molecule has 0 aliphatic rings. The lowest BCUT2D eigenvalue weighted by molar-refractivity contribution is 0.392. The van der Waals surface area contributed by atoms with Crippen molar-refractivity contribution in [3.05, 3.63) is 0 Å². The quantitative estimate of drug-likeness (QED) is 0.458. The lowest BCUT2D eigenvalue weighted by atomic mass is 10.2. The summed E-state index contributed by atoms with van der Waals surface area (Å²) in [6, 6.07) is 2.03. The highest BCUT2D eigenvalue weighted by Crippen LogP contribution is 1.95. The van der Waals surface area contributed by atoms with Crippen molar-refractivity contribution in [3.63, 3.8) is 0 Å². The van der Waals surface area contributed by atoms with E-state index in [1.54, 1.807) is 0 Å². The third-order valence-electron chi connectivity index (χ3n) is 1.45. The number of hydrogen-bond donors (Lipinski definition) is 1. The monoisotopic (exact) mass is 155 g/mol. The lowest BCUT2D eigenvalue weighted by Crippen LogP contribution is -2.12. The van der Waals surface area contributed by atoms with E-state index in [0.717, 1.165) is 19.5 Å². The smallest absolute Gasteiger partial charge is 0.0861 e. The van der Waals surface area contributed by atoms with E-state index < -0.39 is 0 Å². The van der Waals surface area contributed by atoms with E-state index in [1.807, 2.05) is 6.01 Å². The molecule has 1 N–H and O–H groups in total. The maximum absolute atomic E-state index is 6.53. The minimum Gasteiger partial charge on any atom is -0.309 e. The van der Waals surface area contributed by atoms with Gasteiger partial charge in [0.2, 0.25) is 0 Å². The maximum atomic E-state index is 6.53. The van der Waals surface area contributed by atoms with Crippen LogP contribution >= 0.6 is 0 Å². The molecular weight excluding hydrogens is 138 g/mol. The number of unbranched alkanes of at least 4 members (excludes halogenated alkanes) is 2. The van der Waals surface area contributed by atoms with Crippen LogP contribution in [0.4, 0.5) is 0 Å². The van der Waals surface area contributed by atoms with Crippen molar-refractivity contribution >= 4 is 6.01 Å². The molecule has 0 aromatic carbocycles. The topological polar surface area (TPSA) is 39.5 Å². The van der Waals surface area contributed by atoms with Gasteiger partial charge in [0, 0.05) is 6.54 Å². The van der Waals surface area contributed by atoms with Crippen molar-refractivity contribution in [1.29, 1.82) is 5.41 Å². The minimum absolute atomic E-state index is 0.761. The Morgan fingerprint density at radius 1 is 1.27 bits per heavy atom. The third-order valence-corrected chi connectivity index (χ3v) is 1.45. The Kier molecular flexibility index (Phi) is 7.00. The second-order valence-electron chi connectivity index (χ2n) is 2.86. The summed E-state index contributed by atoms with van der Waals surface area (Å²) in [5, 5.41) is 6.53. The molecule has 0 heterocycles. The molecule has 11 heavy (non-hydrogen) atoms. The van der Waals surface area contributed by atoms with E-state index >= 15 is 0 Å². The van der Waals surface area contributed by atoms with Crippen LogP contribution < -0.4 is 0 Å². The van der Waals surface area contributed by atoms with Crippen LogP contribution in [-0.2, 0) is 0 Å². The Morgan fingerprint density at radius 3 is 2.55 bits per heavy atom. The molecule has 0 aliphatic heterocycles. The zero-order valence-corrected chi connectivity index (χ0v) is 7.43. The van der Waals surface area contributed by atoms with E-state index in [9.17, 15) is 0 Å². The van der Waals surface area contributed by atoms with E-state index in [-0.39, 0.29) is 0 Å². The molecule has 0 fully saturated rings. The molecule has 0 aromatic heterocycles. The fraction of sp³-hybridized carbons (Fsp3) is 0.875. The van der Waals surface area contributed by atoms with Gasteiger partial charge in [0.15, 0.2) is 0 Å². The Balaban J connectivity index is 2.96. The van der Waals surface area contributed by atoms with Crippen LogP contribution in [0.5, 0.6) is 0 Å². The standard InChI is InChI=1S/C8H17N3/c1-11(2)7-5-3-4-6-10-8-9/h9H,3-7H2,1-2H3. The van der Waals surface area contributed by atoms with Crippen LogP contribution in [0.15, 0.2) is 4.99 Å². The molecule has 0 amide bonds. The van der Waals surface area contributed by atoms with Crippen molar-refractivity contribution in [2.45, 2.75) is 19.3 Å². The molecule has 0 rings (SSSR count). The van der Waals surface area contributed by atoms with Gasteiger partial charge in [0.05, 0.1) is 6.01 Å². The molecule has 0 aromatic rings. The normalized spacial score (nSPS) is 9.73. The first-order valence-corrected chi connectivity index (χ1v) is 4.00. The summed E-state index contributed by atoms with van der Waals surface area (Å²) in [6.07, 6.45) is 3.50. The fourth-order valence-corrected chi connectivity index (χ4v) is 0.852. The number of aliphatic imine (C=N–C) groups is 1. The average molecular weight is 155 g/mol. The first-order valence-electron chi connectivity index (χ1n) is 4.00. The molecule has 0 aliphatic carbocycles. The van der Waals surface area contributed by atoms with Gasteiger partial charge in [0.1, 0.15) is 0 Å². The lowest BCUT2D eigenvalue weighted by Gasteiger charge is -2.07. The van der Waals surface area contributed by atoms with E-state index in [4.69, 9.17) is 5.41 Å². The highest BCUT2D eigenvalue weighted by atomic mass is 15.0. The zero-order valence-electron chi connectivity index (χ0n) is 7.43. The van der Waals surface area contributed by atoms with E-state index in [0.29, 0.717) is 0 Å². The van der Waals surface area contributed by atoms with Crippen molar-refractivity contribution in [2.75, 3.05) is 27.2 Å². The van der Waals surface area contributed by atoms with Crippen molar-refractivity contribution in [2.24, 2.45) is 4.99 Å². The van der Waals surface area contributed by atoms with E-state index in [2.05, 4.69) is 24.0 Å². The number of hydrogen-bond acceptors (Lipinski definition) is 3. The molecule has 3 nitrogen and oxygen atoms in total. The van der Waals surface area contributed by atoms with Gasteiger partial charge >= 0.3 is 0 Å². The SMILES string of the molecule is CN(C)CCCCCN=C=N. The highest BCUT2D eigenvalue weighted by Gasteiger charge is 1.89. The van der Waals surface area contributed by atoms with Gasteiger partial charge in [-0.2, -0.15) is 0 Å². The second kappa shape index (κ2) is 7.45. The van der Waals surface area contributed by atoms with Gasteiger partial charge in [-0.25, -0.2) is 10.4 Å². The first-order chi connectivity index (χ1) is 5.27. The van der Waals surface area contributed by atoms with Crippen LogP contribution in [0.25, 0.3) is 0 Å². The Hall–Kier alpha value is -0.660. The Bertz CT molecular complexity index is 125. The summed E-state index contributed by atoms with van der Waals surface area (Å²) in [5.74, 6) is 0. The van der Waals surface area contributed by atoms with Crippen molar-refractivity contribution < 1.29 is 0 Å². The van der Waals surface area contributed by atoms with Gasteiger partial charge in [-0.3, -0.25) is 0 Å². The van der Waals surface area contributed by atoms with Gasteiger partial charge in [0.25, 0.3) is 0 Å².